The summed E-state index contributed by atoms with van der Waals surface area (Å²) in [5.41, 5.74) is 1.65. The molecule has 1 heterocycles. The van der Waals surface area contributed by atoms with Gasteiger partial charge in [-0.1, -0.05) is 24.8 Å². The summed E-state index contributed by atoms with van der Waals surface area (Å²) in [5, 5.41) is 11.1. The third kappa shape index (κ3) is 5.43. The van der Waals surface area contributed by atoms with Gasteiger partial charge in [0.05, 0.1) is 11.5 Å². The Labute approximate surface area is 167 Å². The molecule has 3 rings (SSSR count). The zero-order valence-electron chi connectivity index (χ0n) is 15.5. The maximum Gasteiger partial charge on any atom is 0.331 e. The SMILES string of the molecule is C=CCOc1ccc(/C=C/C(=O)OCc2cc([N+](=O)[O-])cc3c2OCOC3)cc1. The molecule has 2 aromatic carbocycles. The Morgan fingerprint density at radius 2 is 2.07 bits per heavy atom. The van der Waals surface area contributed by atoms with E-state index in [1.165, 1.54) is 18.2 Å². The van der Waals surface area contributed by atoms with Crippen molar-refractivity contribution < 1.29 is 28.7 Å². The van der Waals surface area contributed by atoms with Crippen LogP contribution in [-0.4, -0.2) is 24.3 Å². The summed E-state index contributed by atoms with van der Waals surface area (Å²) in [7, 11) is 0. The predicted octanol–water partition coefficient (Wildman–Crippen LogP) is 3.78. The van der Waals surface area contributed by atoms with E-state index in [2.05, 4.69) is 6.58 Å². The summed E-state index contributed by atoms with van der Waals surface area (Å²) in [4.78, 5) is 22.6. The average molecular weight is 397 g/mol. The van der Waals surface area contributed by atoms with Crippen molar-refractivity contribution in [3.63, 3.8) is 0 Å². The van der Waals surface area contributed by atoms with Crippen LogP contribution in [0, 0.1) is 10.1 Å². The third-order valence-corrected chi connectivity index (χ3v) is 4.01. The Balaban J connectivity index is 1.63. The summed E-state index contributed by atoms with van der Waals surface area (Å²) in [6.07, 6.45) is 4.54. The van der Waals surface area contributed by atoms with Crippen molar-refractivity contribution in [2.24, 2.45) is 0 Å². The highest BCUT2D eigenvalue weighted by molar-refractivity contribution is 5.87. The van der Waals surface area contributed by atoms with Gasteiger partial charge in [0.15, 0.2) is 6.79 Å². The van der Waals surface area contributed by atoms with Gasteiger partial charge in [0.2, 0.25) is 0 Å². The quantitative estimate of drug-likeness (QED) is 0.220. The minimum atomic E-state index is -0.579. The highest BCUT2D eigenvalue weighted by Crippen LogP contribution is 2.33. The molecular formula is C21H19NO7. The van der Waals surface area contributed by atoms with Crippen molar-refractivity contribution >= 4 is 17.7 Å². The van der Waals surface area contributed by atoms with Crippen LogP contribution in [-0.2, 0) is 27.5 Å². The fourth-order valence-electron chi connectivity index (χ4n) is 2.69. The Hall–Kier alpha value is -3.65. The monoisotopic (exact) mass is 397 g/mol. The number of nitrogens with zero attached hydrogens (tertiary/aromatic N) is 1. The second-order valence-electron chi connectivity index (χ2n) is 6.07. The van der Waals surface area contributed by atoms with Gasteiger partial charge in [-0.05, 0) is 23.8 Å². The van der Waals surface area contributed by atoms with E-state index in [0.717, 1.165) is 5.56 Å². The Morgan fingerprint density at radius 1 is 1.28 bits per heavy atom. The Kier molecular flexibility index (Phi) is 6.59. The molecule has 0 saturated heterocycles. The van der Waals surface area contributed by atoms with Crippen molar-refractivity contribution in [2.75, 3.05) is 13.4 Å². The van der Waals surface area contributed by atoms with Crippen LogP contribution in [0.25, 0.3) is 6.08 Å². The molecule has 8 nitrogen and oxygen atoms in total. The number of rotatable bonds is 8. The first-order chi connectivity index (χ1) is 14.1. The van der Waals surface area contributed by atoms with Crippen LogP contribution in [0.2, 0.25) is 0 Å². The standard InChI is InChI=1S/C21H19NO7/c1-2-9-27-19-6-3-15(4-7-19)5-8-20(23)28-13-17-11-18(22(24)25)10-16-12-26-14-29-21(16)17/h2-8,10-11H,1,9,12-14H2/b8-5+. The van der Waals surface area contributed by atoms with E-state index in [9.17, 15) is 14.9 Å². The summed E-state index contributed by atoms with van der Waals surface area (Å²) < 4.78 is 21.2. The average Bonchev–Trinajstić information content (AvgIpc) is 2.75. The number of fused-ring (bicyclic) bond motifs is 1. The number of ether oxygens (including phenoxy) is 4. The lowest BCUT2D eigenvalue weighted by Gasteiger charge is -2.20. The lowest BCUT2D eigenvalue weighted by molar-refractivity contribution is -0.385. The van der Waals surface area contributed by atoms with E-state index >= 15 is 0 Å². The molecule has 0 N–H and O–H groups in total. The molecule has 0 fully saturated rings. The van der Waals surface area contributed by atoms with Crippen molar-refractivity contribution in [1.82, 2.24) is 0 Å². The fourth-order valence-corrected chi connectivity index (χ4v) is 2.69. The molecule has 1 aliphatic heterocycles. The maximum absolute atomic E-state index is 12.0. The van der Waals surface area contributed by atoms with Gasteiger partial charge in [0.25, 0.3) is 5.69 Å². The van der Waals surface area contributed by atoms with Crippen molar-refractivity contribution in [3.05, 3.63) is 81.9 Å². The number of non-ortho nitro benzene ring substituents is 1. The minimum Gasteiger partial charge on any atom is -0.490 e. The van der Waals surface area contributed by atoms with Gasteiger partial charge in [0, 0.05) is 29.3 Å². The van der Waals surface area contributed by atoms with Crippen molar-refractivity contribution in [2.45, 2.75) is 13.2 Å². The summed E-state index contributed by atoms with van der Waals surface area (Å²) in [5.74, 6) is 0.571. The molecule has 1 aliphatic rings. The predicted molar refractivity (Wildman–Crippen MR) is 104 cm³/mol. The second-order valence-corrected chi connectivity index (χ2v) is 6.07. The molecule has 0 aliphatic carbocycles. The van der Waals surface area contributed by atoms with Gasteiger partial charge in [-0.3, -0.25) is 10.1 Å². The highest BCUT2D eigenvalue weighted by atomic mass is 16.7. The van der Waals surface area contributed by atoms with E-state index in [1.807, 2.05) is 0 Å². The summed E-state index contributed by atoms with van der Waals surface area (Å²) in [6, 6.07) is 9.89. The van der Waals surface area contributed by atoms with E-state index in [0.29, 0.717) is 29.2 Å². The molecule has 2 aromatic rings. The van der Waals surface area contributed by atoms with Gasteiger partial charge in [0.1, 0.15) is 24.7 Å². The molecule has 0 atom stereocenters. The molecule has 0 saturated carbocycles. The number of carbonyl (C=O) groups is 1. The molecule has 0 amide bonds. The topological polar surface area (TPSA) is 97.1 Å². The van der Waals surface area contributed by atoms with Crippen LogP contribution in [0.15, 0.2) is 55.1 Å². The molecule has 29 heavy (non-hydrogen) atoms. The fraction of sp³-hybridized carbons (Fsp3) is 0.190. The third-order valence-electron chi connectivity index (χ3n) is 4.01. The van der Waals surface area contributed by atoms with Gasteiger partial charge >= 0.3 is 5.97 Å². The lowest BCUT2D eigenvalue weighted by Crippen LogP contribution is -2.14. The first-order valence-electron chi connectivity index (χ1n) is 8.76. The van der Waals surface area contributed by atoms with Crippen LogP contribution in [0.3, 0.4) is 0 Å². The van der Waals surface area contributed by atoms with Gasteiger partial charge < -0.3 is 18.9 Å². The molecule has 150 valence electrons. The van der Waals surface area contributed by atoms with E-state index in [1.54, 1.807) is 36.4 Å². The largest absolute Gasteiger partial charge is 0.490 e. The Bertz CT molecular complexity index is 935. The van der Waals surface area contributed by atoms with Crippen LogP contribution in [0.1, 0.15) is 16.7 Å². The second kappa shape index (κ2) is 9.52. The molecule has 0 aromatic heterocycles. The molecule has 0 radical (unpaired) electrons. The van der Waals surface area contributed by atoms with E-state index in [-0.39, 0.29) is 25.7 Å². The Morgan fingerprint density at radius 3 is 2.79 bits per heavy atom. The summed E-state index contributed by atoms with van der Waals surface area (Å²) >= 11 is 0. The van der Waals surface area contributed by atoms with Gasteiger partial charge in [-0.2, -0.15) is 0 Å². The number of benzene rings is 2. The maximum atomic E-state index is 12.0. The van der Waals surface area contributed by atoms with Crippen molar-refractivity contribution in [3.8, 4) is 11.5 Å². The van der Waals surface area contributed by atoms with Gasteiger partial charge in [-0.15, -0.1) is 0 Å². The smallest absolute Gasteiger partial charge is 0.331 e. The summed E-state index contributed by atoms with van der Waals surface area (Å²) in [6.45, 7) is 4.09. The van der Waals surface area contributed by atoms with Gasteiger partial charge in [-0.25, -0.2) is 4.79 Å². The first kappa shape index (κ1) is 20.1. The normalized spacial score (nSPS) is 12.7. The number of hydrogen-bond donors (Lipinski definition) is 0. The van der Waals surface area contributed by atoms with E-state index in [4.69, 9.17) is 18.9 Å². The number of esters is 1. The molecule has 0 spiro atoms. The first-order valence-corrected chi connectivity index (χ1v) is 8.76. The zero-order valence-corrected chi connectivity index (χ0v) is 15.5. The van der Waals surface area contributed by atoms with E-state index < -0.39 is 10.9 Å². The number of nitro benzene ring substituents is 1. The molecular weight excluding hydrogens is 378 g/mol. The molecule has 0 bridgehead atoms. The molecule has 0 unspecified atom stereocenters. The van der Waals surface area contributed by atoms with Crippen LogP contribution in [0.5, 0.6) is 11.5 Å². The van der Waals surface area contributed by atoms with Crippen molar-refractivity contribution in [1.29, 1.82) is 0 Å². The van der Waals surface area contributed by atoms with Crippen LogP contribution < -0.4 is 9.47 Å². The lowest BCUT2D eigenvalue weighted by atomic mass is 10.1. The zero-order chi connectivity index (χ0) is 20.6. The van der Waals surface area contributed by atoms with Crippen LogP contribution in [0.4, 0.5) is 5.69 Å². The molecule has 8 heteroatoms. The number of carbonyl (C=O) groups excluding carboxylic acids is 1. The van der Waals surface area contributed by atoms with Crippen LogP contribution >= 0.6 is 0 Å². The minimum absolute atomic E-state index is 0.0399. The highest BCUT2D eigenvalue weighted by Gasteiger charge is 2.21. The number of nitro groups is 1. The number of hydrogen-bond acceptors (Lipinski definition) is 7.